The van der Waals surface area contributed by atoms with Crippen LogP contribution in [0.3, 0.4) is 0 Å². The highest BCUT2D eigenvalue weighted by atomic mass is 32.2. The van der Waals surface area contributed by atoms with Gasteiger partial charge in [0.15, 0.2) is 0 Å². The van der Waals surface area contributed by atoms with E-state index < -0.39 is 0 Å². The molecule has 1 aromatic carbocycles. The summed E-state index contributed by atoms with van der Waals surface area (Å²) >= 11 is 1.68. The van der Waals surface area contributed by atoms with Crippen LogP contribution in [0.4, 0.5) is 5.69 Å². The number of piperidine rings is 1. The zero-order valence-electron chi connectivity index (χ0n) is 18.7. The van der Waals surface area contributed by atoms with E-state index in [2.05, 4.69) is 14.8 Å². The highest BCUT2D eigenvalue weighted by Gasteiger charge is 2.39. The summed E-state index contributed by atoms with van der Waals surface area (Å²) < 4.78 is 2.31. The Balaban J connectivity index is 1.26. The number of aromatic nitrogens is 3. The minimum atomic E-state index is -0.267. The maximum atomic E-state index is 13.4. The molecule has 0 saturated carbocycles. The van der Waals surface area contributed by atoms with Crippen LogP contribution >= 0.6 is 11.8 Å². The van der Waals surface area contributed by atoms with Crippen molar-refractivity contribution in [3.05, 3.63) is 35.9 Å². The van der Waals surface area contributed by atoms with E-state index in [0.29, 0.717) is 19.5 Å². The first-order valence-corrected chi connectivity index (χ1v) is 13.0. The van der Waals surface area contributed by atoms with Gasteiger partial charge in [0.1, 0.15) is 11.6 Å². The van der Waals surface area contributed by atoms with Crippen LogP contribution < -0.4 is 4.90 Å². The second-order valence-corrected chi connectivity index (χ2v) is 10.0. The molecule has 32 heavy (non-hydrogen) atoms. The van der Waals surface area contributed by atoms with Crippen molar-refractivity contribution in [3.63, 3.8) is 0 Å². The van der Waals surface area contributed by atoms with Crippen molar-refractivity contribution in [1.82, 2.24) is 19.7 Å². The van der Waals surface area contributed by atoms with Gasteiger partial charge in [-0.3, -0.25) is 9.59 Å². The number of aryl methyl sites for hydroxylation is 1. The summed E-state index contributed by atoms with van der Waals surface area (Å²) in [7, 11) is 0. The molecule has 0 spiro atoms. The second-order valence-electron chi connectivity index (χ2n) is 9.16. The van der Waals surface area contributed by atoms with E-state index in [9.17, 15) is 9.59 Å². The normalized spacial score (nSPS) is 23.8. The lowest BCUT2D eigenvalue weighted by Gasteiger charge is -2.34. The molecular weight excluding hydrogens is 422 g/mol. The van der Waals surface area contributed by atoms with Gasteiger partial charge in [-0.15, -0.1) is 22.0 Å². The summed E-state index contributed by atoms with van der Waals surface area (Å²) in [5.74, 6) is 2.28. The van der Waals surface area contributed by atoms with Crippen molar-refractivity contribution in [2.24, 2.45) is 5.92 Å². The first kappa shape index (κ1) is 21.5. The van der Waals surface area contributed by atoms with Gasteiger partial charge >= 0.3 is 0 Å². The molecule has 2 saturated heterocycles. The number of hydrogen-bond donors (Lipinski definition) is 0. The predicted molar refractivity (Wildman–Crippen MR) is 125 cm³/mol. The van der Waals surface area contributed by atoms with Crippen LogP contribution in [0.25, 0.3) is 0 Å². The molecule has 170 valence electrons. The zero-order chi connectivity index (χ0) is 22.1. The maximum absolute atomic E-state index is 13.4. The fourth-order valence-corrected chi connectivity index (χ4v) is 5.75. The Bertz CT molecular complexity index is 989. The number of carbonyl (C=O) groups is 2. The van der Waals surface area contributed by atoms with E-state index in [1.54, 1.807) is 16.7 Å². The molecule has 0 aliphatic carbocycles. The van der Waals surface area contributed by atoms with Crippen molar-refractivity contribution < 1.29 is 9.59 Å². The molecule has 4 heterocycles. The van der Waals surface area contributed by atoms with Crippen LogP contribution in [-0.4, -0.2) is 57.4 Å². The summed E-state index contributed by atoms with van der Waals surface area (Å²) in [5, 5.41) is 9.00. The molecule has 2 fully saturated rings. The first-order valence-electron chi connectivity index (χ1n) is 11.8. The van der Waals surface area contributed by atoms with Crippen LogP contribution in [-0.2, 0) is 22.6 Å². The lowest BCUT2D eigenvalue weighted by molar-refractivity contribution is -0.137. The van der Waals surface area contributed by atoms with Crippen molar-refractivity contribution >= 4 is 29.3 Å². The van der Waals surface area contributed by atoms with Gasteiger partial charge in [0.05, 0.1) is 5.92 Å². The van der Waals surface area contributed by atoms with Crippen molar-refractivity contribution in [2.45, 2.75) is 62.3 Å². The monoisotopic (exact) mass is 453 g/mol. The number of anilines is 1. The molecule has 3 aliphatic rings. The summed E-state index contributed by atoms with van der Waals surface area (Å²) in [5.41, 5.74) is 0.880. The standard InChI is InChI=1S/C24H31N5O2S/c1-32-20-10-8-19(9-11-20)29-16-18(14-22(29)30)24(31)27-12-5-6-17(15-27)23-26-25-21-7-3-2-4-13-28(21)23/h8-11,17-18H,2-7,12-16H2,1H3. The Morgan fingerprint density at radius 2 is 1.88 bits per heavy atom. The third-order valence-corrected chi connectivity index (χ3v) is 7.84. The van der Waals surface area contributed by atoms with E-state index in [1.807, 2.05) is 35.4 Å². The Hall–Kier alpha value is -2.35. The fourth-order valence-electron chi connectivity index (χ4n) is 5.34. The van der Waals surface area contributed by atoms with Crippen molar-refractivity contribution in [2.75, 3.05) is 30.8 Å². The van der Waals surface area contributed by atoms with Crippen LogP contribution in [0, 0.1) is 5.92 Å². The largest absolute Gasteiger partial charge is 0.342 e. The molecule has 0 bridgehead atoms. The van der Waals surface area contributed by atoms with Crippen LogP contribution in [0.1, 0.15) is 56.1 Å². The van der Waals surface area contributed by atoms with E-state index in [4.69, 9.17) is 0 Å². The van der Waals surface area contributed by atoms with Gasteiger partial charge in [0, 0.05) is 55.5 Å². The smallest absolute Gasteiger partial charge is 0.228 e. The highest BCUT2D eigenvalue weighted by Crippen LogP contribution is 2.32. The molecule has 2 amide bonds. The molecule has 0 radical (unpaired) electrons. The SMILES string of the molecule is CSc1ccc(N2CC(C(=O)N3CCCC(c4nnc5n4CCCCC5)C3)CC2=O)cc1. The number of thioether (sulfide) groups is 1. The molecule has 1 aromatic heterocycles. The van der Waals surface area contributed by atoms with Gasteiger partial charge in [-0.25, -0.2) is 0 Å². The number of rotatable bonds is 4. The van der Waals surface area contributed by atoms with Gasteiger partial charge in [-0.1, -0.05) is 6.42 Å². The van der Waals surface area contributed by atoms with Gasteiger partial charge in [-0.05, 0) is 56.2 Å². The topological polar surface area (TPSA) is 71.3 Å². The van der Waals surface area contributed by atoms with Crippen LogP contribution in [0.5, 0.6) is 0 Å². The summed E-state index contributed by atoms with van der Waals surface area (Å²) in [6.45, 7) is 2.91. The van der Waals surface area contributed by atoms with E-state index in [-0.39, 0.29) is 23.7 Å². The Labute approximate surface area is 193 Å². The lowest BCUT2D eigenvalue weighted by atomic mass is 9.95. The number of likely N-dealkylation sites (tertiary alicyclic amines) is 1. The molecule has 3 aliphatic heterocycles. The van der Waals surface area contributed by atoms with E-state index >= 15 is 0 Å². The molecule has 2 atom stereocenters. The van der Waals surface area contributed by atoms with Gasteiger partial charge < -0.3 is 14.4 Å². The number of fused-ring (bicyclic) bond motifs is 1. The van der Waals surface area contributed by atoms with Gasteiger partial charge in [0.25, 0.3) is 0 Å². The third kappa shape index (κ3) is 4.17. The van der Waals surface area contributed by atoms with E-state index in [0.717, 1.165) is 49.7 Å². The average Bonchev–Trinajstić information content (AvgIpc) is 3.34. The molecule has 5 rings (SSSR count). The van der Waals surface area contributed by atoms with Crippen molar-refractivity contribution in [3.8, 4) is 0 Å². The lowest BCUT2D eigenvalue weighted by Crippen LogP contribution is -2.43. The number of carbonyl (C=O) groups excluding carboxylic acids is 2. The number of benzene rings is 1. The second kappa shape index (κ2) is 9.25. The van der Waals surface area contributed by atoms with Crippen molar-refractivity contribution in [1.29, 1.82) is 0 Å². The zero-order valence-corrected chi connectivity index (χ0v) is 19.5. The number of hydrogen-bond acceptors (Lipinski definition) is 5. The highest BCUT2D eigenvalue weighted by molar-refractivity contribution is 7.98. The van der Waals surface area contributed by atoms with Gasteiger partial charge in [0.2, 0.25) is 11.8 Å². The number of nitrogens with zero attached hydrogens (tertiary/aromatic N) is 5. The molecular formula is C24H31N5O2S. The molecule has 2 unspecified atom stereocenters. The fraction of sp³-hybridized carbons (Fsp3) is 0.583. The molecule has 8 heteroatoms. The summed E-state index contributed by atoms with van der Waals surface area (Å²) in [4.78, 5) is 31.0. The third-order valence-electron chi connectivity index (χ3n) is 7.09. The quantitative estimate of drug-likeness (QED) is 0.663. The van der Waals surface area contributed by atoms with Crippen LogP contribution in [0.15, 0.2) is 29.2 Å². The molecule has 0 N–H and O–H groups in total. The van der Waals surface area contributed by atoms with E-state index in [1.165, 1.54) is 24.2 Å². The predicted octanol–water partition coefficient (Wildman–Crippen LogP) is 3.49. The summed E-state index contributed by atoms with van der Waals surface area (Å²) in [6, 6.07) is 8.01. The Morgan fingerprint density at radius 3 is 2.69 bits per heavy atom. The number of amides is 2. The minimum Gasteiger partial charge on any atom is -0.342 e. The van der Waals surface area contributed by atoms with Gasteiger partial charge in [-0.2, -0.15) is 0 Å². The average molecular weight is 454 g/mol. The first-order chi connectivity index (χ1) is 15.6. The Kier molecular flexibility index (Phi) is 6.22. The summed E-state index contributed by atoms with van der Waals surface area (Å²) in [6.07, 6.45) is 8.94. The molecule has 7 nitrogen and oxygen atoms in total. The minimum absolute atomic E-state index is 0.0385. The molecule has 2 aromatic rings. The Morgan fingerprint density at radius 1 is 1.03 bits per heavy atom. The maximum Gasteiger partial charge on any atom is 0.228 e. The van der Waals surface area contributed by atoms with Crippen LogP contribution in [0.2, 0.25) is 0 Å².